The van der Waals surface area contributed by atoms with Crippen molar-refractivity contribution in [3.63, 3.8) is 0 Å². The number of nitrogens with zero attached hydrogens (tertiary/aromatic N) is 3. The van der Waals surface area contributed by atoms with Gasteiger partial charge in [-0.25, -0.2) is 0 Å². The molecule has 0 aromatic carbocycles. The van der Waals surface area contributed by atoms with E-state index < -0.39 is 0 Å². The Morgan fingerprint density at radius 1 is 1.05 bits per heavy atom. The number of likely N-dealkylation sites (N-methyl/N-ethyl adjacent to an activating group) is 1. The van der Waals surface area contributed by atoms with Gasteiger partial charge in [0.15, 0.2) is 0 Å². The Bertz CT molecular complexity index is 406. The van der Waals surface area contributed by atoms with E-state index in [9.17, 15) is 0 Å². The summed E-state index contributed by atoms with van der Waals surface area (Å²) < 4.78 is 2.40. The fourth-order valence-corrected chi connectivity index (χ4v) is 3.30. The molecule has 1 aromatic heterocycles. The monoisotopic (exact) mass is 265 g/mol. The maximum absolute atomic E-state index is 4.43. The van der Waals surface area contributed by atoms with Gasteiger partial charge in [-0.15, -0.1) is 10.2 Å². The highest BCUT2D eigenvalue weighted by Crippen LogP contribution is 2.14. The lowest BCUT2D eigenvalue weighted by Crippen LogP contribution is -3.27. The summed E-state index contributed by atoms with van der Waals surface area (Å²) in [6.07, 6.45) is 6.14. The molecule has 0 atom stereocenters. The highest BCUT2D eigenvalue weighted by Gasteiger charge is 2.21. The number of fused-ring (bicyclic) bond motifs is 1. The minimum Gasteiger partial charge on any atom is -0.328 e. The highest BCUT2D eigenvalue weighted by molar-refractivity contribution is 4.98. The van der Waals surface area contributed by atoms with E-state index in [1.807, 2.05) is 0 Å². The molecule has 1 fully saturated rings. The zero-order valence-electron chi connectivity index (χ0n) is 12.1. The molecule has 0 amide bonds. The van der Waals surface area contributed by atoms with Crippen LogP contribution in [0.25, 0.3) is 0 Å². The largest absolute Gasteiger partial charge is 0.328 e. The van der Waals surface area contributed by atoms with Crippen LogP contribution in [-0.2, 0) is 19.4 Å². The van der Waals surface area contributed by atoms with Crippen molar-refractivity contribution >= 4 is 0 Å². The fraction of sp³-hybridized carbons (Fsp3) is 0.857. The topological polar surface area (TPSA) is 39.6 Å². The Morgan fingerprint density at radius 3 is 2.74 bits per heavy atom. The number of rotatable bonds is 3. The van der Waals surface area contributed by atoms with Crippen LogP contribution in [0.4, 0.5) is 0 Å². The first kappa shape index (κ1) is 13.1. The van der Waals surface area contributed by atoms with E-state index in [1.54, 1.807) is 9.80 Å². The maximum atomic E-state index is 4.43. The lowest BCUT2D eigenvalue weighted by molar-refractivity contribution is -1.00. The molecule has 0 bridgehead atoms. The first-order valence-corrected chi connectivity index (χ1v) is 7.89. The highest BCUT2D eigenvalue weighted by atomic mass is 15.3. The first-order valence-electron chi connectivity index (χ1n) is 7.89. The van der Waals surface area contributed by atoms with E-state index >= 15 is 0 Å². The lowest BCUT2D eigenvalue weighted by Gasteiger charge is -2.27. The third kappa shape index (κ3) is 3.15. The van der Waals surface area contributed by atoms with Crippen LogP contribution in [0.1, 0.15) is 30.9 Å². The van der Waals surface area contributed by atoms with Crippen LogP contribution in [0.15, 0.2) is 0 Å². The molecule has 2 aliphatic rings. The summed E-state index contributed by atoms with van der Waals surface area (Å²) in [4.78, 5) is 3.43. The van der Waals surface area contributed by atoms with Crippen molar-refractivity contribution in [3.8, 4) is 0 Å². The fourth-order valence-electron chi connectivity index (χ4n) is 3.30. The second-order valence-corrected chi connectivity index (χ2v) is 6.20. The Morgan fingerprint density at radius 2 is 1.89 bits per heavy atom. The van der Waals surface area contributed by atoms with Crippen LogP contribution in [0.2, 0.25) is 0 Å². The van der Waals surface area contributed by atoms with Gasteiger partial charge < -0.3 is 14.4 Å². The number of hydrogen-bond donors (Lipinski definition) is 2. The van der Waals surface area contributed by atoms with Crippen LogP contribution < -0.4 is 9.80 Å². The summed E-state index contributed by atoms with van der Waals surface area (Å²) in [7, 11) is 2.30. The van der Waals surface area contributed by atoms with E-state index in [0.29, 0.717) is 0 Å². The van der Waals surface area contributed by atoms with Crippen molar-refractivity contribution < 1.29 is 9.80 Å². The molecule has 3 heterocycles. The summed E-state index contributed by atoms with van der Waals surface area (Å²) in [5, 5.41) is 8.83. The van der Waals surface area contributed by atoms with Crippen molar-refractivity contribution in [2.75, 3.05) is 39.8 Å². The molecule has 5 heteroatoms. The van der Waals surface area contributed by atoms with Crippen molar-refractivity contribution in [2.24, 2.45) is 0 Å². The Kier molecular flexibility index (Phi) is 4.13. The van der Waals surface area contributed by atoms with E-state index in [0.717, 1.165) is 19.4 Å². The van der Waals surface area contributed by atoms with Crippen molar-refractivity contribution in [1.29, 1.82) is 0 Å². The zero-order valence-corrected chi connectivity index (χ0v) is 12.1. The van der Waals surface area contributed by atoms with Gasteiger partial charge >= 0.3 is 0 Å². The van der Waals surface area contributed by atoms with E-state index in [-0.39, 0.29) is 0 Å². The molecule has 2 N–H and O–H groups in total. The molecule has 0 aliphatic carbocycles. The summed E-state index contributed by atoms with van der Waals surface area (Å²) in [5.74, 6) is 2.46. The SMILES string of the molecule is C[NH+]1CC[NH+](CCc2nnc3n2CCCCC3)CC1. The van der Waals surface area contributed by atoms with Crippen molar-refractivity contribution in [3.05, 3.63) is 11.6 Å². The minimum absolute atomic E-state index is 1.10. The number of hydrogen-bond acceptors (Lipinski definition) is 2. The molecule has 0 radical (unpaired) electrons. The van der Waals surface area contributed by atoms with Crippen molar-refractivity contribution in [2.45, 2.75) is 38.6 Å². The molecule has 0 saturated carbocycles. The molecule has 0 unspecified atom stereocenters. The number of quaternary nitrogens is 2. The molecule has 0 spiro atoms. The number of aromatic nitrogens is 3. The van der Waals surface area contributed by atoms with Crippen molar-refractivity contribution in [1.82, 2.24) is 14.8 Å². The predicted molar refractivity (Wildman–Crippen MR) is 73.5 cm³/mol. The van der Waals surface area contributed by atoms with Gasteiger partial charge in [0.2, 0.25) is 0 Å². The molecule has 1 aromatic rings. The third-order valence-corrected chi connectivity index (χ3v) is 4.70. The molecule has 106 valence electrons. The van der Waals surface area contributed by atoms with E-state index in [1.165, 1.54) is 63.6 Å². The average Bonchev–Trinajstić information content (AvgIpc) is 2.66. The van der Waals surface area contributed by atoms with Gasteiger partial charge in [-0.1, -0.05) is 6.42 Å². The number of nitrogens with one attached hydrogen (secondary N) is 2. The normalized spacial score (nSPS) is 27.8. The standard InChI is InChI=1S/C14H25N5/c1-17-9-11-18(12-10-17)8-6-14-16-15-13-5-3-2-4-7-19(13)14/h2-12H2,1H3/p+2. The summed E-state index contributed by atoms with van der Waals surface area (Å²) in [6, 6.07) is 0. The number of aryl methyl sites for hydroxylation is 1. The summed E-state index contributed by atoms with van der Waals surface area (Å²) in [6.45, 7) is 7.62. The quantitative estimate of drug-likeness (QED) is 0.661. The lowest BCUT2D eigenvalue weighted by atomic mass is 10.2. The molecule has 3 rings (SSSR count). The molecule has 2 aliphatic heterocycles. The van der Waals surface area contributed by atoms with Gasteiger partial charge in [0.05, 0.1) is 20.0 Å². The van der Waals surface area contributed by atoms with Crippen LogP contribution in [-0.4, -0.2) is 54.5 Å². The zero-order chi connectivity index (χ0) is 13.1. The van der Waals surface area contributed by atoms with Crippen LogP contribution in [0.5, 0.6) is 0 Å². The molecule has 19 heavy (non-hydrogen) atoms. The smallest absolute Gasteiger partial charge is 0.138 e. The first-order chi connectivity index (χ1) is 9.33. The van der Waals surface area contributed by atoms with Gasteiger partial charge in [-0.3, -0.25) is 0 Å². The van der Waals surface area contributed by atoms with Crippen LogP contribution in [0, 0.1) is 0 Å². The Labute approximate surface area is 115 Å². The van der Waals surface area contributed by atoms with Gasteiger partial charge in [0, 0.05) is 13.0 Å². The molecular weight excluding hydrogens is 238 g/mol. The number of piperazine rings is 1. The van der Waals surface area contributed by atoms with Crippen LogP contribution >= 0.6 is 0 Å². The minimum atomic E-state index is 1.10. The Balaban J connectivity index is 1.57. The third-order valence-electron chi connectivity index (χ3n) is 4.70. The Hall–Kier alpha value is -0.940. The van der Waals surface area contributed by atoms with E-state index in [2.05, 4.69) is 21.8 Å². The second kappa shape index (κ2) is 6.01. The predicted octanol–water partition coefficient (Wildman–Crippen LogP) is -2.04. The molecule has 1 saturated heterocycles. The van der Waals surface area contributed by atoms with E-state index in [4.69, 9.17) is 0 Å². The van der Waals surface area contributed by atoms with Gasteiger partial charge in [-0.2, -0.15) is 0 Å². The summed E-state index contributed by atoms with van der Waals surface area (Å²) in [5.41, 5.74) is 0. The molecule has 5 nitrogen and oxygen atoms in total. The van der Waals surface area contributed by atoms with Gasteiger partial charge in [0.25, 0.3) is 0 Å². The van der Waals surface area contributed by atoms with Gasteiger partial charge in [-0.05, 0) is 12.8 Å². The summed E-state index contributed by atoms with van der Waals surface area (Å²) >= 11 is 0. The van der Waals surface area contributed by atoms with Gasteiger partial charge in [0.1, 0.15) is 37.8 Å². The average molecular weight is 265 g/mol. The maximum Gasteiger partial charge on any atom is 0.138 e. The molecular formula is C14H27N5+2. The van der Waals surface area contributed by atoms with Crippen LogP contribution in [0.3, 0.4) is 0 Å². The second-order valence-electron chi connectivity index (χ2n) is 6.20.